The fourth-order valence-corrected chi connectivity index (χ4v) is 2.00. The minimum absolute atomic E-state index is 0. The molecule has 2 N–H and O–H groups in total. The second-order valence-corrected chi connectivity index (χ2v) is 6.66. The van der Waals surface area contributed by atoms with Gasteiger partial charge in [0, 0.05) is 25.2 Å². The van der Waals surface area contributed by atoms with Crippen molar-refractivity contribution in [1.82, 2.24) is 15.5 Å². The average molecular weight is 412 g/mol. The standard InChI is InChI=1S/C15H32N4O.HI/c1-7-16-13(17-11-14(2,3)19(5)6)18-12-15(4)9-8-10-20-15;/h7-12H2,1-6H3,(H2,16,17,18);1H. The van der Waals surface area contributed by atoms with Gasteiger partial charge in [-0.15, -0.1) is 24.0 Å². The maximum absolute atomic E-state index is 5.80. The van der Waals surface area contributed by atoms with Gasteiger partial charge in [0.05, 0.1) is 12.1 Å². The summed E-state index contributed by atoms with van der Waals surface area (Å²) in [4.78, 5) is 6.89. The molecule has 126 valence electrons. The number of rotatable bonds is 6. The predicted octanol–water partition coefficient (Wildman–Crippen LogP) is 2.07. The highest BCUT2D eigenvalue weighted by Gasteiger charge is 2.29. The van der Waals surface area contributed by atoms with Gasteiger partial charge in [-0.25, -0.2) is 0 Å². The van der Waals surface area contributed by atoms with E-state index in [9.17, 15) is 0 Å². The van der Waals surface area contributed by atoms with Crippen molar-refractivity contribution < 1.29 is 4.74 Å². The number of nitrogens with one attached hydrogen (secondary N) is 2. The first-order chi connectivity index (χ1) is 9.29. The third-order valence-corrected chi connectivity index (χ3v) is 4.11. The van der Waals surface area contributed by atoms with Crippen molar-refractivity contribution in [3.8, 4) is 0 Å². The fourth-order valence-electron chi connectivity index (χ4n) is 2.00. The van der Waals surface area contributed by atoms with E-state index >= 15 is 0 Å². The molecule has 1 heterocycles. The first-order valence-electron chi connectivity index (χ1n) is 7.63. The Labute approximate surface area is 147 Å². The van der Waals surface area contributed by atoms with E-state index < -0.39 is 0 Å². The van der Waals surface area contributed by atoms with E-state index in [2.05, 4.69) is 57.3 Å². The molecule has 0 aromatic rings. The number of hydrogen-bond acceptors (Lipinski definition) is 3. The van der Waals surface area contributed by atoms with Crippen LogP contribution in [-0.4, -0.2) is 62.3 Å². The second-order valence-electron chi connectivity index (χ2n) is 6.66. The molecule has 0 bridgehead atoms. The van der Waals surface area contributed by atoms with Crippen LogP contribution in [0.4, 0.5) is 0 Å². The number of ether oxygens (including phenoxy) is 1. The van der Waals surface area contributed by atoms with Gasteiger partial charge in [-0.2, -0.15) is 0 Å². The van der Waals surface area contributed by atoms with E-state index in [1.807, 2.05) is 0 Å². The molecule has 5 nitrogen and oxygen atoms in total. The van der Waals surface area contributed by atoms with Crippen LogP contribution in [0.5, 0.6) is 0 Å². The zero-order chi connectivity index (χ0) is 15.2. The Morgan fingerprint density at radius 3 is 2.48 bits per heavy atom. The van der Waals surface area contributed by atoms with Crippen LogP contribution in [0, 0.1) is 0 Å². The summed E-state index contributed by atoms with van der Waals surface area (Å²) >= 11 is 0. The molecular formula is C15H33IN4O. The van der Waals surface area contributed by atoms with Crippen LogP contribution in [0.1, 0.15) is 40.5 Å². The summed E-state index contributed by atoms with van der Waals surface area (Å²) in [6.07, 6.45) is 2.27. The smallest absolute Gasteiger partial charge is 0.191 e. The van der Waals surface area contributed by atoms with Crippen LogP contribution in [0.3, 0.4) is 0 Å². The minimum Gasteiger partial charge on any atom is -0.373 e. The fraction of sp³-hybridized carbons (Fsp3) is 0.933. The lowest BCUT2D eigenvalue weighted by atomic mass is 10.0. The summed E-state index contributed by atoms with van der Waals surface area (Å²) in [6.45, 7) is 11.9. The summed E-state index contributed by atoms with van der Waals surface area (Å²) in [6, 6.07) is 0. The molecule has 1 rings (SSSR count). The number of aliphatic imine (C=N–C) groups is 1. The summed E-state index contributed by atoms with van der Waals surface area (Å²) < 4.78 is 5.80. The van der Waals surface area contributed by atoms with Crippen molar-refractivity contribution in [2.75, 3.05) is 40.3 Å². The Kier molecular flexibility index (Phi) is 9.11. The maximum atomic E-state index is 5.80. The molecule has 0 aliphatic carbocycles. The van der Waals surface area contributed by atoms with Gasteiger partial charge in [0.2, 0.25) is 0 Å². The monoisotopic (exact) mass is 412 g/mol. The summed E-state index contributed by atoms with van der Waals surface area (Å²) in [5.41, 5.74) is 0.00334. The van der Waals surface area contributed by atoms with Crippen molar-refractivity contribution in [2.24, 2.45) is 4.99 Å². The predicted molar refractivity (Wildman–Crippen MR) is 101 cm³/mol. The van der Waals surface area contributed by atoms with Crippen LogP contribution in [0.15, 0.2) is 4.99 Å². The SMILES string of the molecule is CCNC(=NCC(C)(C)N(C)C)NCC1(C)CCCO1.I. The molecule has 1 saturated heterocycles. The van der Waals surface area contributed by atoms with Crippen molar-refractivity contribution in [1.29, 1.82) is 0 Å². The van der Waals surface area contributed by atoms with Crippen LogP contribution in [0.25, 0.3) is 0 Å². The number of likely N-dealkylation sites (N-methyl/N-ethyl adjacent to an activating group) is 1. The molecule has 1 aliphatic heterocycles. The highest BCUT2D eigenvalue weighted by atomic mass is 127. The number of guanidine groups is 1. The normalized spacial score (nSPS) is 23.1. The molecule has 0 aromatic heterocycles. The number of hydrogen-bond donors (Lipinski definition) is 2. The molecular weight excluding hydrogens is 379 g/mol. The molecule has 0 spiro atoms. The molecule has 0 saturated carbocycles. The van der Waals surface area contributed by atoms with Crippen LogP contribution >= 0.6 is 24.0 Å². The van der Waals surface area contributed by atoms with Gasteiger partial charge < -0.3 is 20.3 Å². The van der Waals surface area contributed by atoms with E-state index in [-0.39, 0.29) is 35.1 Å². The summed E-state index contributed by atoms with van der Waals surface area (Å²) in [5.74, 6) is 0.874. The van der Waals surface area contributed by atoms with Gasteiger partial charge in [-0.3, -0.25) is 4.99 Å². The van der Waals surface area contributed by atoms with E-state index in [0.29, 0.717) is 0 Å². The molecule has 21 heavy (non-hydrogen) atoms. The molecule has 1 unspecified atom stereocenters. The van der Waals surface area contributed by atoms with Crippen molar-refractivity contribution in [3.63, 3.8) is 0 Å². The van der Waals surface area contributed by atoms with E-state index in [4.69, 9.17) is 9.73 Å². The Hall–Kier alpha value is -0.0800. The van der Waals surface area contributed by atoms with Crippen molar-refractivity contribution in [2.45, 2.75) is 51.7 Å². The number of nitrogens with zero attached hydrogens (tertiary/aromatic N) is 2. The zero-order valence-electron chi connectivity index (χ0n) is 14.5. The largest absolute Gasteiger partial charge is 0.373 e. The quantitative estimate of drug-likeness (QED) is 0.399. The molecule has 0 amide bonds. The molecule has 0 aromatic carbocycles. The molecule has 1 atom stereocenters. The van der Waals surface area contributed by atoms with E-state index in [1.165, 1.54) is 0 Å². The Balaban J connectivity index is 0.00000400. The lowest BCUT2D eigenvalue weighted by Crippen LogP contribution is -2.47. The molecule has 6 heteroatoms. The molecule has 1 fully saturated rings. The lowest BCUT2D eigenvalue weighted by molar-refractivity contribution is 0.0242. The van der Waals surface area contributed by atoms with Crippen LogP contribution < -0.4 is 10.6 Å². The Morgan fingerprint density at radius 1 is 1.33 bits per heavy atom. The highest BCUT2D eigenvalue weighted by molar-refractivity contribution is 14.0. The first kappa shape index (κ1) is 20.9. The van der Waals surface area contributed by atoms with E-state index in [1.54, 1.807) is 0 Å². The van der Waals surface area contributed by atoms with Crippen molar-refractivity contribution in [3.05, 3.63) is 0 Å². The molecule has 0 radical (unpaired) electrons. The van der Waals surface area contributed by atoms with Gasteiger partial charge in [0.15, 0.2) is 5.96 Å². The van der Waals surface area contributed by atoms with Gasteiger partial charge in [-0.05, 0) is 54.6 Å². The second kappa shape index (κ2) is 9.15. The lowest BCUT2D eigenvalue weighted by Gasteiger charge is -2.31. The van der Waals surface area contributed by atoms with Gasteiger partial charge in [0.1, 0.15) is 0 Å². The third kappa shape index (κ3) is 7.15. The van der Waals surface area contributed by atoms with Gasteiger partial charge >= 0.3 is 0 Å². The summed E-state index contributed by atoms with van der Waals surface area (Å²) in [5, 5.41) is 6.71. The van der Waals surface area contributed by atoms with E-state index in [0.717, 1.165) is 45.0 Å². The average Bonchev–Trinajstić information content (AvgIpc) is 2.80. The van der Waals surface area contributed by atoms with Crippen LogP contribution in [-0.2, 0) is 4.74 Å². The van der Waals surface area contributed by atoms with Crippen LogP contribution in [0.2, 0.25) is 0 Å². The number of halogens is 1. The first-order valence-corrected chi connectivity index (χ1v) is 7.63. The topological polar surface area (TPSA) is 48.9 Å². The Bertz CT molecular complexity index is 326. The third-order valence-electron chi connectivity index (χ3n) is 4.11. The molecule has 1 aliphatic rings. The van der Waals surface area contributed by atoms with Crippen molar-refractivity contribution >= 4 is 29.9 Å². The Morgan fingerprint density at radius 2 is 2.00 bits per heavy atom. The minimum atomic E-state index is -0.0484. The van der Waals surface area contributed by atoms with Gasteiger partial charge in [0.25, 0.3) is 0 Å². The highest BCUT2D eigenvalue weighted by Crippen LogP contribution is 2.23. The van der Waals surface area contributed by atoms with Gasteiger partial charge in [-0.1, -0.05) is 0 Å². The zero-order valence-corrected chi connectivity index (χ0v) is 16.8. The summed E-state index contributed by atoms with van der Waals surface area (Å²) in [7, 11) is 4.17. The maximum Gasteiger partial charge on any atom is 0.191 e.